The molecule has 1 amide bonds. The van der Waals surface area contributed by atoms with Crippen molar-refractivity contribution in [3.8, 4) is 11.5 Å². The van der Waals surface area contributed by atoms with Crippen molar-refractivity contribution in [3.63, 3.8) is 0 Å². The maximum absolute atomic E-state index is 11.5. The lowest BCUT2D eigenvalue weighted by Gasteiger charge is -2.31. The smallest absolute Gasteiger partial charge is 0.221 e. The first-order valence-electron chi connectivity index (χ1n) is 10.4. The molecule has 1 saturated heterocycles. The number of primary amides is 1. The van der Waals surface area contributed by atoms with Crippen LogP contribution in [-0.4, -0.2) is 44.1 Å². The van der Waals surface area contributed by atoms with Gasteiger partial charge < -0.3 is 26.3 Å². The molecule has 5 N–H and O–H groups in total. The summed E-state index contributed by atoms with van der Waals surface area (Å²) in [6.45, 7) is 2.96. The third-order valence-corrected chi connectivity index (χ3v) is 5.39. The molecule has 0 aromatic heterocycles. The van der Waals surface area contributed by atoms with Gasteiger partial charge in [-0.05, 0) is 42.6 Å². The molecule has 0 aliphatic carbocycles. The molecule has 1 heterocycles. The van der Waals surface area contributed by atoms with Gasteiger partial charge in [0.15, 0.2) is 17.5 Å². The molecular formula is C23H31N5O3. The summed E-state index contributed by atoms with van der Waals surface area (Å²) in [7, 11) is 3.18. The maximum Gasteiger partial charge on any atom is 0.221 e. The third kappa shape index (κ3) is 6.36. The molecule has 1 unspecified atom stereocenters. The molecule has 166 valence electrons. The maximum atomic E-state index is 11.5. The van der Waals surface area contributed by atoms with Crippen LogP contribution in [0, 0.1) is 5.92 Å². The monoisotopic (exact) mass is 425 g/mol. The van der Waals surface area contributed by atoms with Crippen molar-refractivity contribution in [2.45, 2.75) is 25.9 Å². The number of nitrogens with one attached hydrogen (secondary N) is 1. The summed E-state index contributed by atoms with van der Waals surface area (Å²) in [5, 5.41) is 3.07. The quantitative estimate of drug-likeness (QED) is 0.442. The van der Waals surface area contributed by atoms with Gasteiger partial charge in [0.1, 0.15) is 0 Å². The largest absolute Gasteiger partial charge is 0.493 e. The van der Waals surface area contributed by atoms with E-state index in [4.69, 9.17) is 20.9 Å². The van der Waals surface area contributed by atoms with E-state index in [1.165, 1.54) is 5.56 Å². The van der Waals surface area contributed by atoms with E-state index in [1.807, 2.05) is 18.2 Å². The number of aliphatic imine (C=N–C) groups is 1. The van der Waals surface area contributed by atoms with Gasteiger partial charge in [0, 0.05) is 24.8 Å². The molecule has 0 spiro atoms. The van der Waals surface area contributed by atoms with Gasteiger partial charge in [0.2, 0.25) is 5.91 Å². The molecule has 1 aliphatic rings. The van der Waals surface area contributed by atoms with Crippen molar-refractivity contribution in [2.24, 2.45) is 22.4 Å². The number of ether oxygens (including phenoxy) is 2. The van der Waals surface area contributed by atoms with Gasteiger partial charge in [-0.15, -0.1) is 0 Å². The minimum absolute atomic E-state index is 0.0519. The normalized spacial score (nSPS) is 17.2. The summed E-state index contributed by atoms with van der Waals surface area (Å²) in [5.74, 6) is 1.33. The molecule has 1 atom stereocenters. The zero-order valence-electron chi connectivity index (χ0n) is 18.1. The van der Waals surface area contributed by atoms with Crippen molar-refractivity contribution in [1.29, 1.82) is 0 Å². The highest BCUT2D eigenvalue weighted by Crippen LogP contribution is 2.29. The molecule has 1 aliphatic heterocycles. The number of guanidine groups is 1. The Morgan fingerprint density at radius 1 is 1.13 bits per heavy atom. The number of rotatable bonds is 8. The summed E-state index contributed by atoms with van der Waals surface area (Å²) in [4.78, 5) is 18.2. The van der Waals surface area contributed by atoms with Crippen LogP contribution in [0.3, 0.4) is 0 Å². The molecule has 31 heavy (non-hydrogen) atoms. The van der Waals surface area contributed by atoms with Gasteiger partial charge >= 0.3 is 0 Å². The molecule has 0 saturated carbocycles. The molecule has 8 nitrogen and oxygen atoms in total. The van der Waals surface area contributed by atoms with Gasteiger partial charge in [0.25, 0.3) is 0 Å². The number of hydrogen-bond donors (Lipinski definition) is 3. The van der Waals surface area contributed by atoms with E-state index >= 15 is 0 Å². The van der Waals surface area contributed by atoms with Crippen LogP contribution >= 0.6 is 0 Å². The number of piperidine rings is 1. The second-order valence-corrected chi connectivity index (χ2v) is 7.69. The van der Waals surface area contributed by atoms with Crippen molar-refractivity contribution in [2.75, 3.05) is 32.6 Å². The fraction of sp³-hybridized carbons (Fsp3) is 0.391. The first-order chi connectivity index (χ1) is 15.0. The standard InChI is InChI=1S/C23H31N5O3/c1-30-20-9-8-19(12-21(20)31-2)27-23(25)26-13-16-5-3-6-17(11-16)14-28-10-4-7-18(15-28)22(24)29/h3,5-6,8-9,11-12,18H,4,7,10,13-15H2,1-2H3,(H2,24,29)(H3,25,26,27). The predicted octanol–water partition coefficient (Wildman–Crippen LogP) is 2.33. The molecule has 3 rings (SSSR count). The lowest BCUT2D eigenvalue weighted by Crippen LogP contribution is -2.40. The third-order valence-electron chi connectivity index (χ3n) is 5.39. The number of hydrogen-bond acceptors (Lipinski definition) is 5. The number of anilines is 1. The number of nitrogens with two attached hydrogens (primary N) is 2. The number of benzene rings is 2. The van der Waals surface area contributed by atoms with Crippen molar-refractivity contribution >= 4 is 17.6 Å². The van der Waals surface area contributed by atoms with E-state index in [1.54, 1.807) is 26.4 Å². The molecular weight excluding hydrogens is 394 g/mol. The minimum Gasteiger partial charge on any atom is -0.493 e. The summed E-state index contributed by atoms with van der Waals surface area (Å²) in [6, 6.07) is 13.7. The number of methoxy groups -OCH3 is 2. The molecule has 0 radical (unpaired) electrons. The zero-order valence-corrected chi connectivity index (χ0v) is 18.1. The first kappa shape index (κ1) is 22.4. The van der Waals surface area contributed by atoms with Crippen LogP contribution in [-0.2, 0) is 17.9 Å². The van der Waals surface area contributed by atoms with Crippen LogP contribution < -0.4 is 26.3 Å². The van der Waals surface area contributed by atoms with Crippen LogP contribution in [0.2, 0.25) is 0 Å². The zero-order chi connectivity index (χ0) is 22.2. The molecule has 8 heteroatoms. The Morgan fingerprint density at radius 2 is 1.90 bits per heavy atom. The second-order valence-electron chi connectivity index (χ2n) is 7.69. The SMILES string of the molecule is COc1ccc(NC(N)=NCc2cccc(CN3CCCC(C(N)=O)C3)c2)cc1OC. The molecule has 2 aromatic rings. The number of carbonyl (C=O) groups excluding carboxylic acids is 1. The van der Waals surface area contributed by atoms with Crippen LogP contribution in [0.15, 0.2) is 47.5 Å². The van der Waals surface area contributed by atoms with Crippen LogP contribution in [0.4, 0.5) is 5.69 Å². The Kier molecular flexibility index (Phi) is 7.72. The van der Waals surface area contributed by atoms with Gasteiger partial charge in [-0.25, -0.2) is 4.99 Å². The van der Waals surface area contributed by atoms with E-state index < -0.39 is 0 Å². The van der Waals surface area contributed by atoms with Gasteiger partial charge in [-0.3, -0.25) is 9.69 Å². The summed E-state index contributed by atoms with van der Waals surface area (Å²) < 4.78 is 10.6. The van der Waals surface area contributed by atoms with E-state index in [0.29, 0.717) is 24.0 Å². The van der Waals surface area contributed by atoms with E-state index in [9.17, 15) is 4.79 Å². The lowest BCUT2D eigenvalue weighted by molar-refractivity contribution is -0.123. The molecule has 1 fully saturated rings. The Balaban J connectivity index is 1.59. The predicted molar refractivity (Wildman–Crippen MR) is 122 cm³/mol. The van der Waals surface area contributed by atoms with Gasteiger partial charge in [-0.2, -0.15) is 0 Å². The summed E-state index contributed by atoms with van der Waals surface area (Å²) in [5.41, 5.74) is 14.6. The Bertz CT molecular complexity index is 931. The van der Waals surface area contributed by atoms with Crippen molar-refractivity contribution < 1.29 is 14.3 Å². The van der Waals surface area contributed by atoms with Crippen molar-refractivity contribution in [3.05, 3.63) is 53.6 Å². The fourth-order valence-electron chi connectivity index (χ4n) is 3.79. The summed E-state index contributed by atoms with van der Waals surface area (Å²) in [6.07, 6.45) is 1.88. The van der Waals surface area contributed by atoms with E-state index in [2.05, 4.69) is 27.3 Å². The van der Waals surface area contributed by atoms with E-state index in [0.717, 1.165) is 43.7 Å². The van der Waals surface area contributed by atoms with Gasteiger partial charge in [0.05, 0.1) is 26.7 Å². The Labute approximate surface area is 183 Å². The lowest BCUT2D eigenvalue weighted by atomic mass is 9.97. The highest BCUT2D eigenvalue weighted by Gasteiger charge is 2.23. The average molecular weight is 426 g/mol. The Hall–Kier alpha value is -3.26. The minimum atomic E-state index is -0.203. The van der Waals surface area contributed by atoms with E-state index in [-0.39, 0.29) is 11.8 Å². The second kappa shape index (κ2) is 10.7. The topological polar surface area (TPSA) is 115 Å². The van der Waals surface area contributed by atoms with Crippen molar-refractivity contribution in [1.82, 2.24) is 4.90 Å². The van der Waals surface area contributed by atoms with Crippen LogP contribution in [0.1, 0.15) is 24.0 Å². The summed E-state index contributed by atoms with van der Waals surface area (Å²) >= 11 is 0. The highest BCUT2D eigenvalue weighted by atomic mass is 16.5. The number of nitrogens with zero attached hydrogens (tertiary/aromatic N) is 2. The average Bonchev–Trinajstić information content (AvgIpc) is 2.78. The number of likely N-dealkylation sites (tertiary alicyclic amines) is 1. The molecule has 0 bridgehead atoms. The van der Waals surface area contributed by atoms with Crippen LogP contribution in [0.5, 0.6) is 11.5 Å². The number of amides is 1. The highest BCUT2D eigenvalue weighted by molar-refractivity contribution is 5.92. The first-order valence-corrected chi connectivity index (χ1v) is 10.4. The fourth-order valence-corrected chi connectivity index (χ4v) is 3.79. The Morgan fingerprint density at radius 3 is 2.65 bits per heavy atom. The van der Waals surface area contributed by atoms with Gasteiger partial charge in [-0.1, -0.05) is 24.3 Å². The molecule has 2 aromatic carbocycles. The number of carbonyl (C=O) groups is 1. The van der Waals surface area contributed by atoms with Crippen LogP contribution in [0.25, 0.3) is 0 Å².